The Labute approximate surface area is 338 Å². The molecule has 286 valence electrons. The normalized spacial score (nSPS) is 15.4. The lowest BCUT2D eigenvalue weighted by Gasteiger charge is -2.28. The predicted molar refractivity (Wildman–Crippen MR) is 221 cm³/mol. The average Bonchev–Trinajstić information content (AvgIpc) is 3.18. The van der Waals surface area contributed by atoms with Crippen LogP contribution in [0.15, 0.2) is 148 Å². The number of aliphatic imine (C=N–C) groups is 1. The van der Waals surface area contributed by atoms with E-state index in [4.69, 9.17) is 14.2 Å². The predicted octanol–water partition coefficient (Wildman–Crippen LogP) is 10.4. The number of cyclic esters (lactones) is 1. The van der Waals surface area contributed by atoms with Crippen molar-refractivity contribution in [2.75, 3.05) is 6.54 Å². The molecule has 0 radical (unpaired) electrons. The van der Waals surface area contributed by atoms with Crippen LogP contribution in [-0.4, -0.2) is 35.8 Å². The highest BCUT2D eigenvalue weighted by atomic mass is 127. The molecule has 1 aliphatic heterocycles. The van der Waals surface area contributed by atoms with Gasteiger partial charge in [-0.15, -0.1) is 9.60 Å². The third-order valence-corrected chi connectivity index (χ3v) is 9.82. The van der Waals surface area contributed by atoms with Gasteiger partial charge in [-0.25, -0.2) is 19.4 Å². The van der Waals surface area contributed by atoms with Gasteiger partial charge in [-0.2, -0.15) is 0 Å². The molecule has 0 aromatic heterocycles. The molecule has 10 nitrogen and oxygen atoms in total. The second-order valence-electron chi connectivity index (χ2n) is 13.9. The number of amides is 2. The third-order valence-electron chi connectivity index (χ3n) is 9.12. The smallest absolute Gasteiger partial charge is 0.414 e. The second-order valence-corrected chi connectivity index (χ2v) is 14.6. The number of nitrogens with one attached hydrogen (secondary N) is 2. The minimum atomic E-state index is -1.28. The van der Waals surface area contributed by atoms with E-state index in [1.165, 1.54) is 28.3 Å². The standard InChI is InChI=1S/C44H40FIN4O6/c1-43(2,34-21-15-31(16-22-34)29-11-7-5-8-12-29)55-41(52)48-40(47-36-25-19-33(20-26-36)38-39(51)54-37(27-46)28-50(38)45)49-42(53)56-44(3,4)35-23-17-32(18-24-35)30-13-9-6-10-14-30/h5-27,38H,28H2,1-4H3,(H2,47,48,49,52,53). The number of morpholine rings is 1. The van der Waals surface area contributed by atoms with Gasteiger partial charge < -0.3 is 14.2 Å². The largest absolute Gasteiger partial charge is 0.438 e. The number of alkyl carbamates (subject to hydrolysis) is 2. The summed E-state index contributed by atoms with van der Waals surface area (Å²) >= 11 is 1.88. The van der Waals surface area contributed by atoms with Gasteiger partial charge in [0.25, 0.3) is 0 Å². The van der Waals surface area contributed by atoms with E-state index in [-0.39, 0.29) is 24.0 Å². The number of rotatable bonds is 8. The summed E-state index contributed by atoms with van der Waals surface area (Å²) in [7, 11) is 0. The van der Waals surface area contributed by atoms with E-state index in [1.807, 2.05) is 132 Å². The monoisotopic (exact) mass is 866 g/mol. The zero-order valence-electron chi connectivity index (χ0n) is 31.2. The maximum absolute atomic E-state index is 14.9. The molecule has 0 spiro atoms. The molecule has 1 aliphatic rings. The average molecular weight is 867 g/mol. The van der Waals surface area contributed by atoms with Crippen LogP contribution < -0.4 is 10.6 Å². The number of esters is 1. The van der Waals surface area contributed by atoms with E-state index >= 15 is 0 Å². The number of carbonyl (C=O) groups is 3. The van der Waals surface area contributed by atoms with Crippen molar-refractivity contribution in [3.05, 3.63) is 160 Å². The molecule has 0 aliphatic carbocycles. The van der Waals surface area contributed by atoms with Crippen LogP contribution in [0.25, 0.3) is 22.3 Å². The van der Waals surface area contributed by atoms with Gasteiger partial charge in [-0.05, 0) is 101 Å². The summed E-state index contributed by atoms with van der Waals surface area (Å²) in [4.78, 5) is 43.9. The summed E-state index contributed by atoms with van der Waals surface area (Å²) in [6.45, 7) is 6.79. The lowest BCUT2D eigenvalue weighted by Crippen LogP contribution is -2.47. The lowest BCUT2D eigenvalue weighted by atomic mass is 9.95. The van der Waals surface area contributed by atoms with Crippen molar-refractivity contribution < 1.29 is 33.1 Å². The SMILES string of the molecule is CC(C)(OC(=O)NC(=Nc1ccc(C2C(=O)OC(=CI)CN2F)cc1)NC(=O)OC(C)(C)c1ccc(-c2ccccc2)cc1)c1ccc(-c2ccccc2)cc1. The molecule has 1 atom stereocenters. The van der Waals surface area contributed by atoms with Gasteiger partial charge in [-0.3, -0.25) is 10.6 Å². The van der Waals surface area contributed by atoms with Crippen molar-refractivity contribution >= 4 is 52.4 Å². The van der Waals surface area contributed by atoms with Crippen LogP contribution >= 0.6 is 22.6 Å². The molecule has 1 unspecified atom stereocenters. The fourth-order valence-corrected chi connectivity index (χ4v) is 6.41. The molecule has 0 bridgehead atoms. The highest BCUT2D eigenvalue weighted by Crippen LogP contribution is 2.32. The summed E-state index contributed by atoms with van der Waals surface area (Å²) in [5.41, 5.74) is 4.01. The molecule has 0 saturated carbocycles. The molecule has 56 heavy (non-hydrogen) atoms. The Hall–Kier alpha value is -5.86. The molecule has 6 rings (SSSR count). The van der Waals surface area contributed by atoms with Crippen molar-refractivity contribution in [2.45, 2.75) is 44.9 Å². The Morgan fingerprint density at radius 1 is 0.714 bits per heavy atom. The lowest BCUT2D eigenvalue weighted by molar-refractivity contribution is -0.164. The molecule has 12 heteroatoms. The zero-order valence-corrected chi connectivity index (χ0v) is 33.3. The topological polar surface area (TPSA) is 119 Å². The van der Waals surface area contributed by atoms with E-state index in [1.54, 1.807) is 27.7 Å². The number of benzene rings is 5. The van der Waals surface area contributed by atoms with Crippen molar-refractivity contribution in [3.8, 4) is 22.3 Å². The van der Waals surface area contributed by atoms with Gasteiger partial charge >= 0.3 is 18.2 Å². The van der Waals surface area contributed by atoms with Crippen LogP contribution in [0.5, 0.6) is 0 Å². The fourth-order valence-electron chi connectivity index (χ4n) is 6.09. The maximum Gasteiger partial charge on any atom is 0.414 e. The van der Waals surface area contributed by atoms with E-state index in [0.717, 1.165) is 33.4 Å². The van der Waals surface area contributed by atoms with E-state index in [9.17, 15) is 18.9 Å². The van der Waals surface area contributed by atoms with Gasteiger partial charge in [0.15, 0.2) is 6.04 Å². The summed E-state index contributed by atoms with van der Waals surface area (Å²) in [5.74, 6) is -0.850. The molecule has 1 saturated heterocycles. The molecule has 2 N–H and O–H groups in total. The van der Waals surface area contributed by atoms with Crippen LogP contribution in [0.1, 0.15) is 50.4 Å². The van der Waals surface area contributed by atoms with Gasteiger partial charge in [0.1, 0.15) is 17.0 Å². The number of ether oxygens (including phenoxy) is 3. The van der Waals surface area contributed by atoms with Crippen molar-refractivity contribution in [1.29, 1.82) is 0 Å². The Morgan fingerprint density at radius 2 is 1.14 bits per heavy atom. The first kappa shape index (κ1) is 39.8. The minimum Gasteiger partial charge on any atom is -0.438 e. The van der Waals surface area contributed by atoms with Crippen LogP contribution in [-0.2, 0) is 30.2 Å². The Balaban J connectivity index is 1.20. The fraction of sp³-hybridized carbons (Fsp3) is 0.182. The number of hydrogen-bond acceptors (Lipinski definition) is 8. The highest BCUT2D eigenvalue weighted by Gasteiger charge is 2.36. The quantitative estimate of drug-likeness (QED) is 0.0398. The molecule has 2 amide bonds. The molecule has 1 fully saturated rings. The third kappa shape index (κ3) is 9.86. The first-order chi connectivity index (χ1) is 26.8. The Bertz CT molecular complexity index is 2120. The zero-order chi connectivity index (χ0) is 39.9. The first-order valence-corrected chi connectivity index (χ1v) is 19.0. The maximum atomic E-state index is 14.9. The van der Waals surface area contributed by atoms with Gasteiger partial charge in [0.05, 0.1) is 12.2 Å². The molecule has 5 aromatic carbocycles. The molecular weight excluding hydrogens is 826 g/mol. The van der Waals surface area contributed by atoms with Crippen LogP contribution in [0.3, 0.4) is 0 Å². The highest BCUT2D eigenvalue weighted by molar-refractivity contribution is 14.1. The second kappa shape index (κ2) is 17.3. The Morgan fingerprint density at radius 3 is 1.55 bits per heavy atom. The minimum absolute atomic E-state index is 0.192. The summed E-state index contributed by atoms with van der Waals surface area (Å²) in [6, 6.07) is 39.9. The van der Waals surface area contributed by atoms with E-state index in [2.05, 4.69) is 15.6 Å². The van der Waals surface area contributed by atoms with E-state index in [0.29, 0.717) is 10.7 Å². The number of guanidine groups is 1. The van der Waals surface area contributed by atoms with Crippen LogP contribution in [0.4, 0.5) is 19.8 Å². The van der Waals surface area contributed by atoms with Gasteiger partial charge in [0.2, 0.25) is 5.96 Å². The van der Waals surface area contributed by atoms with Crippen molar-refractivity contribution in [1.82, 2.24) is 15.8 Å². The van der Waals surface area contributed by atoms with Crippen LogP contribution in [0, 0.1) is 0 Å². The molecular formula is C44H40FIN4O6. The van der Waals surface area contributed by atoms with Gasteiger partial charge in [-0.1, -0.05) is 121 Å². The molecule has 1 heterocycles. The van der Waals surface area contributed by atoms with Crippen molar-refractivity contribution in [3.63, 3.8) is 0 Å². The number of carbonyl (C=O) groups excluding carboxylic acids is 3. The van der Waals surface area contributed by atoms with Gasteiger partial charge in [0, 0.05) is 4.08 Å². The summed E-state index contributed by atoms with van der Waals surface area (Å²) in [6.07, 6.45) is -1.79. The van der Waals surface area contributed by atoms with E-state index < -0.39 is 35.4 Å². The van der Waals surface area contributed by atoms with Crippen molar-refractivity contribution in [2.24, 2.45) is 4.99 Å². The van der Waals surface area contributed by atoms with Crippen LogP contribution in [0.2, 0.25) is 0 Å². The number of nitrogens with zero attached hydrogens (tertiary/aromatic N) is 2. The Kier molecular flexibility index (Phi) is 12.3. The first-order valence-electron chi connectivity index (χ1n) is 17.8. The number of halogens is 2. The number of hydrogen-bond donors (Lipinski definition) is 2. The summed E-state index contributed by atoms with van der Waals surface area (Å²) in [5, 5.41) is 5.48. The summed E-state index contributed by atoms with van der Waals surface area (Å²) < 4.78 is 33.3. The molecule has 5 aromatic rings.